The van der Waals surface area contributed by atoms with Gasteiger partial charge in [-0.2, -0.15) is 0 Å². The molecule has 0 heterocycles. The molecule has 5 nitrogen and oxygen atoms in total. The Morgan fingerprint density at radius 1 is 1.37 bits per heavy atom. The minimum Gasteiger partial charge on any atom is -0.491 e. The average molecular weight is 287 g/mol. The highest BCUT2D eigenvalue weighted by molar-refractivity contribution is 7.89. The van der Waals surface area contributed by atoms with Crippen LogP contribution >= 0.6 is 0 Å². The summed E-state index contributed by atoms with van der Waals surface area (Å²) in [5, 5.41) is 8.65. The molecule has 0 saturated heterocycles. The number of sulfonamides is 1. The van der Waals surface area contributed by atoms with Crippen LogP contribution in [0.2, 0.25) is 0 Å². The van der Waals surface area contributed by atoms with Gasteiger partial charge in [-0.05, 0) is 51.0 Å². The Hall–Kier alpha value is -1.11. The van der Waals surface area contributed by atoms with Crippen molar-refractivity contribution in [2.45, 2.75) is 38.2 Å². The summed E-state index contributed by atoms with van der Waals surface area (Å²) in [6.45, 7) is 5.83. The third kappa shape index (κ3) is 4.81. The minimum absolute atomic E-state index is 0.0390. The summed E-state index contributed by atoms with van der Waals surface area (Å²) in [6, 6.07) is 4.76. The maximum atomic E-state index is 12.0. The highest BCUT2D eigenvalue weighted by Gasteiger charge is 2.15. The number of ether oxygens (including phenoxy) is 1. The molecule has 0 aliphatic carbocycles. The fourth-order valence-electron chi connectivity index (χ4n) is 1.54. The van der Waals surface area contributed by atoms with Gasteiger partial charge in [0.2, 0.25) is 10.0 Å². The van der Waals surface area contributed by atoms with Gasteiger partial charge in [0, 0.05) is 13.2 Å². The molecule has 0 bridgehead atoms. The van der Waals surface area contributed by atoms with Crippen LogP contribution in [0.5, 0.6) is 5.75 Å². The summed E-state index contributed by atoms with van der Waals surface area (Å²) in [5.41, 5.74) is 0.777. The first-order valence-electron chi connectivity index (χ1n) is 6.24. The second-order valence-corrected chi connectivity index (χ2v) is 6.34. The van der Waals surface area contributed by atoms with E-state index in [1.807, 2.05) is 20.8 Å². The molecule has 0 radical (unpaired) electrons. The molecule has 0 aromatic heterocycles. The summed E-state index contributed by atoms with van der Waals surface area (Å²) in [7, 11) is -3.52. The number of aliphatic hydroxyl groups is 1. The lowest BCUT2D eigenvalue weighted by molar-refractivity contribution is 0.240. The lowest BCUT2D eigenvalue weighted by Gasteiger charge is -2.13. The first kappa shape index (κ1) is 15.9. The summed E-state index contributed by atoms with van der Waals surface area (Å²) < 4.78 is 31.9. The Morgan fingerprint density at radius 2 is 2.05 bits per heavy atom. The predicted molar refractivity (Wildman–Crippen MR) is 73.8 cm³/mol. The number of nitrogens with one attached hydrogen (secondary N) is 1. The van der Waals surface area contributed by atoms with Crippen molar-refractivity contribution in [3.8, 4) is 5.75 Å². The van der Waals surface area contributed by atoms with E-state index in [9.17, 15) is 8.42 Å². The van der Waals surface area contributed by atoms with Crippen LogP contribution in [-0.2, 0) is 10.0 Å². The molecular weight excluding hydrogens is 266 g/mol. The highest BCUT2D eigenvalue weighted by Crippen LogP contribution is 2.22. The topological polar surface area (TPSA) is 75.6 Å². The normalized spacial score (nSPS) is 11.8. The van der Waals surface area contributed by atoms with Gasteiger partial charge in [0.1, 0.15) is 5.75 Å². The Labute approximate surface area is 114 Å². The van der Waals surface area contributed by atoms with Crippen molar-refractivity contribution in [2.24, 2.45) is 0 Å². The molecule has 0 spiro atoms. The average Bonchev–Trinajstić information content (AvgIpc) is 2.31. The van der Waals surface area contributed by atoms with Crippen molar-refractivity contribution >= 4 is 10.0 Å². The second kappa shape index (κ2) is 6.88. The molecule has 2 N–H and O–H groups in total. The third-order valence-electron chi connectivity index (χ3n) is 2.45. The number of hydrogen-bond acceptors (Lipinski definition) is 4. The molecule has 0 saturated carbocycles. The molecule has 0 fully saturated rings. The van der Waals surface area contributed by atoms with Crippen LogP contribution in [-0.4, -0.2) is 32.8 Å². The number of aryl methyl sites for hydroxylation is 1. The Bertz CT molecular complexity index is 511. The van der Waals surface area contributed by atoms with E-state index in [1.165, 1.54) is 6.07 Å². The van der Waals surface area contributed by atoms with Crippen LogP contribution in [0.15, 0.2) is 23.1 Å². The molecule has 1 aromatic rings. The quantitative estimate of drug-likeness (QED) is 0.744. The van der Waals surface area contributed by atoms with Gasteiger partial charge in [-0.3, -0.25) is 0 Å². The van der Waals surface area contributed by atoms with Gasteiger partial charge in [-0.15, -0.1) is 0 Å². The fourth-order valence-corrected chi connectivity index (χ4v) is 2.70. The number of hydrogen-bond donors (Lipinski definition) is 2. The zero-order chi connectivity index (χ0) is 14.5. The van der Waals surface area contributed by atoms with Crippen LogP contribution < -0.4 is 9.46 Å². The van der Waals surface area contributed by atoms with E-state index in [1.54, 1.807) is 12.1 Å². The maximum absolute atomic E-state index is 12.0. The zero-order valence-corrected chi connectivity index (χ0v) is 12.3. The maximum Gasteiger partial charge on any atom is 0.240 e. The summed E-state index contributed by atoms with van der Waals surface area (Å²) in [4.78, 5) is 0.207. The van der Waals surface area contributed by atoms with Crippen LogP contribution in [0, 0.1) is 6.92 Å². The molecule has 0 aliphatic heterocycles. The number of aliphatic hydroxyl groups excluding tert-OH is 1. The van der Waals surface area contributed by atoms with E-state index in [-0.39, 0.29) is 24.2 Å². The predicted octanol–water partition coefficient (Wildman–Crippen LogP) is 1.44. The molecule has 0 unspecified atom stereocenters. The van der Waals surface area contributed by atoms with E-state index < -0.39 is 10.0 Å². The van der Waals surface area contributed by atoms with Gasteiger partial charge in [-0.25, -0.2) is 13.1 Å². The fraction of sp³-hybridized carbons (Fsp3) is 0.538. The summed E-state index contributed by atoms with van der Waals surface area (Å²) in [6.07, 6.45) is 0.441. The molecule has 6 heteroatoms. The molecule has 1 rings (SSSR count). The van der Waals surface area contributed by atoms with Gasteiger partial charge in [0.05, 0.1) is 11.0 Å². The van der Waals surface area contributed by atoms with Crippen molar-refractivity contribution < 1.29 is 18.3 Å². The van der Waals surface area contributed by atoms with E-state index >= 15 is 0 Å². The van der Waals surface area contributed by atoms with E-state index in [4.69, 9.17) is 9.84 Å². The summed E-state index contributed by atoms with van der Waals surface area (Å²) in [5.74, 6) is 0.685. The first-order chi connectivity index (χ1) is 8.86. The second-order valence-electron chi connectivity index (χ2n) is 4.57. The Kier molecular flexibility index (Phi) is 5.78. The third-order valence-corrected chi connectivity index (χ3v) is 3.91. The molecule has 0 amide bonds. The first-order valence-corrected chi connectivity index (χ1v) is 7.73. The molecule has 108 valence electrons. The molecule has 1 aromatic carbocycles. The van der Waals surface area contributed by atoms with Crippen LogP contribution in [0.25, 0.3) is 0 Å². The highest BCUT2D eigenvalue weighted by atomic mass is 32.2. The number of benzene rings is 1. The molecule has 0 atom stereocenters. The van der Waals surface area contributed by atoms with Gasteiger partial charge in [-0.1, -0.05) is 0 Å². The van der Waals surface area contributed by atoms with Gasteiger partial charge in [0.25, 0.3) is 0 Å². The van der Waals surface area contributed by atoms with Crippen molar-refractivity contribution in [3.63, 3.8) is 0 Å². The molecule has 19 heavy (non-hydrogen) atoms. The van der Waals surface area contributed by atoms with Gasteiger partial charge in [0.15, 0.2) is 0 Å². The van der Waals surface area contributed by atoms with Crippen molar-refractivity contribution in [1.29, 1.82) is 0 Å². The molecular formula is C13H21NO4S. The van der Waals surface area contributed by atoms with Crippen LogP contribution in [0.1, 0.15) is 25.8 Å². The Morgan fingerprint density at radius 3 is 2.58 bits per heavy atom. The zero-order valence-electron chi connectivity index (χ0n) is 11.5. The molecule has 0 aliphatic rings. The Balaban J connectivity index is 2.87. The van der Waals surface area contributed by atoms with E-state index in [0.29, 0.717) is 12.2 Å². The van der Waals surface area contributed by atoms with Crippen molar-refractivity contribution in [2.75, 3.05) is 13.2 Å². The van der Waals surface area contributed by atoms with Crippen molar-refractivity contribution in [3.05, 3.63) is 23.8 Å². The van der Waals surface area contributed by atoms with Crippen LogP contribution in [0.3, 0.4) is 0 Å². The lowest BCUT2D eigenvalue weighted by atomic mass is 10.2. The SMILES string of the molecule is Cc1cc(S(=O)(=O)NCCCO)ccc1OC(C)C. The number of rotatable bonds is 7. The standard InChI is InChI=1S/C13H21NO4S/c1-10(2)18-13-6-5-12(9-11(13)3)19(16,17)14-7-4-8-15/h5-6,9-10,14-15H,4,7-8H2,1-3H3. The van der Waals surface area contributed by atoms with E-state index in [2.05, 4.69) is 4.72 Å². The smallest absolute Gasteiger partial charge is 0.240 e. The van der Waals surface area contributed by atoms with Crippen LogP contribution in [0.4, 0.5) is 0 Å². The van der Waals surface area contributed by atoms with Gasteiger partial charge < -0.3 is 9.84 Å². The van der Waals surface area contributed by atoms with E-state index in [0.717, 1.165) is 5.56 Å². The van der Waals surface area contributed by atoms with Gasteiger partial charge >= 0.3 is 0 Å². The summed E-state index contributed by atoms with van der Waals surface area (Å²) >= 11 is 0. The monoisotopic (exact) mass is 287 g/mol. The largest absolute Gasteiger partial charge is 0.491 e. The lowest BCUT2D eigenvalue weighted by Crippen LogP contribution is -2.25. The van der Waals surface area contributed by atoms with Crippen molar-refractivity contribution in [1.82, 2.24) is 4.72 Å². The minimum atomic E-state index is -3.52.